The van der Waals surface area contributed by atoms with Crippen molar-refractivity contribution < 1.29 is 0 Å². The maximum Gasteiger partial charge on any atom is 0.107 e. The lowest BCUT2D eigenvalue weighted by Gasteiger charge is -2.29. The van der Waals surface area contributed by atoms with Crippen LogP contribution in [0.25, 0.3) is 0 Å². The predicted octanol–water partition coefficient (Wildman–Crippen LogP) is 2.58. The smallest absolute Gasteiger partial charge is 0.107 e. The lowest BCUT2D eigenvalue weighted by Crippen LogP contribution is -2.35. The number of hydrogen-bond donors (Lipinski definition) is 1. The molecule has 0 unspecified atom stereocenters. The fraction of sp³-hybridized carbons (Fsp3) is 0.667. The van der Waals surface area contributed by atoms with Gasteiger partial charge < -0.3 is 5.32 Å². The van der Waals surface area contributed by atoms with Crippen molar-refractivity contribution in [2.45, 2.75) is 51.7 Å². The van der Waals surface area contributed by atoms with E-state index in [-0.39, 0.29) is 0 Å². The average Bonchev–Trinajstić information content (AvgIpc) is 2.93. The number of aromatic nitrogens is 3. The zero-order chi connectivity index (χ0) is 16.6. The van der Waals surface area contributed by atoms with Crippen molar-refractivity contribution in [3.63, 3.8) is 0 Å². The highest BCUT2D eigenvalue weighted by atomic mass is 32.1. The van der Waals surface area contributed by atoms with Gasteiger partial charge in [0.1, 0.15) is 5.01 Å². The lowest BCUT2D eigenvalue weighted by molar-refractivity contribution is 0.187. The van der Waals surface area contributed by atoms with Gasteiger partial charge in [-0.05, 0) is 44.2 Å². The number of aryl methyl sites for hydroxylation is 2. The Labute approximate surface area is 148 Å². The molecule has 0 radical (unpaired) electrons. The van der Waals surface area contributed by atoms with Crippen LogP contribution in [0.4, 0.5) is 0 Å². The maximum absolute atomic E-state index is 4.63. The summed E-state index contributed by atoms with van der Waals surface area (Å²) in [5.74, 6) is 0. The van der Waals surface area contributed by atoms with Crippen LogP contribution in [0.15, 0.2) is 17.8 Å². The fourth-order valence-corrected chi connectivity index (χ4v) is 4.96. The summed E-state index contributed by atoms with van der Waals surface area (Å²) in [6.07, 6.45) is 9.11. The van der Waals surface area contributed by atoms with E-state index < -0.39 is 0 Å². The summed E-state index contributed by atoms with van der Waals surface area (Å²) >= 11 is 1.77. The summed E-state index contributed by atoms with van der Waals surface area (Å²) in [5.41, 5.74) is 3.17. The second kappa shape index (κ2) is 6.58. The van der Waals surface area contributed by atoms with Gasteiger partial charge in [0.25, 0.3) is 0 Å². The Kier molecular flexibility index (Phi) is 4.45. The summed E-state index contributed by atoms with van der Waals surface area (Å²) in [7, 11) is 2.03. The largest absolute Gasteiger partial charge is 0.317 e. The van der Waals surface area contributed by atoms with Crippen molar-refractivity contribution in [2.24, 2.45) is 12.5 Å². The average molecular weight is 346 g/mol. The first-order chi connectivity index (χ1) is 11.7. The van der Waals surface area contributed by atoms with Crippen LogP contribution in [0.1, 0.15) is 42.5 Å². The molecular weight excluding hydrogens is 318 g/mol. The Morgan fingerprint density at radius 1 is 1.38 bits per heavy atom. The first-order valence-corrected chi connectivity index (χ1v) is 9.93. The molecule has 6 heteroatoms. The van der Waals surface area contributed by atoms with Crippen LogP contribution >= 0.6 is 11.3 Å². The molecule has 1 saturated carbocycles. The van der Waals surface area contributed by atoms with Gasteiger partial charge in [-0.2, -0.15) is 5.10 Å². The van der Waals surface area contributed by atoms with E-state index in [1.54, 1.807) is 11.3 Å². The summed E-state index contributed by atoms with van der Waals surface area (Å²) < 4.78 is 1.96. The van der Waals surface area contributed by atoms with Crippen molar-refractivity contribution in [1.29, 1.82) is 0 Å². The molecule has 2 fully saturated rings. The first-order valence-electron chi connectivity index (χ1n) is 9.05. The van der Waals surface area contributed by atoms with E-state index in [1.807, 2.05) is 17.9 Å². The minimum atomic E-state index is 0.553. The summed E-state index contributed by atoms with van der Waals surface area (Å²) in [6, 6.07) is 0.702. The predicted molar refractivity (Wildman–Crippen MR) is 96.9 cm³/mol. The Morgan fingerprint density at radius 3 is 2.92 bits per heavy atom. The van der Waals surface area contributed by atoms with Gasteiger partial charge >= 0.3 is 0 Å². The van der Waals surface area contributed by atoms with Gasteiger partial charge in [0.05, 0.1) is 12.2 Å². The van der Waals surface area contributed by atoms with Crippen LogP contribution in [0, 0.1) is 5.41 Å². The van der Waals surface area contributed by atoms with Crippen molar-refractivity contribution >= 4 is 11.3 Å². The zero-order valence-corrected chi connectivity index (χ0v) is 15.5. The molecule has 1 saturated heterocycles. The van der Waals surface area contributed by atoms with E-state index >= 15 is 0 Å². The number of hydrogen-bond acceptors (Lipinski definition) is 5. The van der Waals surface area contributed by atoms with Gasteiger partial charge in [0.15, 0.2) is 0 Å². The monoisotopic (exact) mass is 345 g/mol. The Balaban J connectivity index is 1.54. The number of thiazole rings is 1. The van der Waals surface area contributed by atoms with Gasteiger partial charge in [-0.3, -0.25) is 9.58 Å². The molecule has 1 aliphatic carbocycles. The highest BCUT2D eigenvalue weighted by molar-refractivity contribution is 7.09. The molecule has 4 rings (SSSR count). The Bertz CT molecular complexity index is 672. The van der Waals surface area contributed by atoms with E-state index in [0.717, 1.165) is 19.5 Å². The van der Waals surface area contributed by atoms with Crippen LogP contribution in [-0.4, -0.2) is 38.8 Å². The minimum Gasteiger partial charge on any atom is -0.317 e. The lowest BCUT2D eigenvalue weighted by atomic mass is 9.93. The van der Waals surface area contributed by atoms with Crippen molar-refractivity contribution in [3.05, 3.63) is 34.0 Å². The fourth-order valence-electron chi connectivity index (χ4n) is 4.32. The van der Waals surface area contributed by atoms with Crippen molar-refractivity contribution in [3.8, 4) is 0 Å². The van der Waals surface area contributed by atoms with E-state index in [2.05, 4.69) is 38.8 Å². The van der Waals surface area contributed by atoms with E-state index in [0.29, 0.717) is 11.5 Å². The molecule has 1 spiro atoms. The SMILES string of the molecule is CCc1nn(C)cc1CN(Cc1nccs1)[C@H]1CC12CCNCC2. The van der Waals surface area contributed by atoms with Crippen LogP contribution in [-0.2, 0) is 26.6 Å². The molecule has 3 heterocycles. The number of nitrogens with zero attached hydrogens (tertiary/aromatic N) is 4. The highest BCUT2D eigenvalue weighted by Crippen LogP contribution is 2.56. The molecular formula is C18H27N5S. The summed E-state index contributed by atoms with van der Waals surface area (Å²) in [5, 5.41) is 11.5. The first kappa shape index (κ1) is 16.2. The van der Waals surface area contributed by atoms with Gasteiger partial charge in [0.2, 0.25) is 0 Å². The minimum absolute atomic E-state index is 0.553. The zero-order valence-electron chi connectivity index (χ0n) is 14.7. The third kappa shape index (κ3) is 3.15. The highest BCUT2D eigenvalue weighted by Gasteiger charge is 2.56. The third-order valence-electron chi connectivity index (χ3n) is 5.71. The van der Waals surface area contributed by atoms with Crippen LogP contribution in [0.2, 0.25) is 0 Å². The normalized spacial score (nSPS) is 22.4. The van der Waals surface area contributed by atoms with E-state index in [4.69, 9.17) is 0 Å². The van der Waals surface area contributed by atoms with Crippen LogP contribution in [0.5, 0.6) is 0 Å². The van der Waals surface area contributed by atoms with Gasteiger partial charge in [0, 0.05) is 43.0 Å². The molecule has 0 aromatic carbocycles. The van der Waals surface area contributed by atoms with Crippen molar-refractivity contribution in [2.75, 3.05) is 13.1 Å². The van der Waals surface area contributed by atoms with E-state index in [1.165, 1.54) is 48.6 Å². The second-order valence-electron chi connectivity index (χ2n) is 7.29. The molecule has 0 bridgehead atoms. The molecule has 2 aromatic rings. The topological polar surface area (TPSA) is 46.0 Å². The Hall–Kier alpha value is -1.24. The maximum atomic E-state index is 4.63. The molecule has 1 N–H and O–H groups in total. The molecule has 2 aliphatic rings. The molecule has 5 nitrogen and oxygen atoms in total. The molecule has 1 aliphatic heterocycles. The second-order valence-corrected chi connectivity index (χ2v) is 8.27. The number of piperidine rings is 1. The molecule has 0 amide bonds. The van der Waals surface area contributed by atoms with Gasteiger partial charge in [-0.1, -0.05) is 6.92 Å². The third-order valence-corrected chi connectivity index (χ3v) is 6.47. The Morgan fingerprint density at radius 2 is 2.21 bits per heavy atom. The van der Waals surface area contributed by atoms with Crippen molar-refractivity contribution in [1.82, 2.24) is 25.0 Å². The van der Waals surface area contributed by atoms with Gasteiger partial charge in [-0.25, -0.2) is 4.98 Å². The van der Waals surface area contributed by atoms with Crippen LogP contribution in [0.3, 0.4) is 0 Å². The van der Waals surface area contributed by atoms with E-state index in [9.17, 15) is 0 Å². The molecule has 130 valence electrons. The molecule has 24 heavy (non-hydrogen) atoms. The number of nitrogens with one attached hydrogen (secondary N) is 1. The van der Waals surface area contributed by atoms with Crippen LogP contribution < -0.4 is 5.32 Å². The molecule has 2 aromatic heterocycles. The number of rotatable bonds is 6. The van der Waals surface area contributed by atoms with Gasteiger partial charge in [-0.15, -0.1) is 11.3 Å². The quantitative estimate of drug-likeness (QED) is 0.874. The molecule has 1 atom stereocenters. The summed E-state index contributed by atoms with van der Waals surface area (Å²) in [6.45, 7) is 6.51. The standard InChI is InChI=1S/C18H27N5S/c1-3-15-14(11-22(2)21-15)12-23(13-17-20-8-9-24-17)16-10-18(16)4-6-19-7-5-18/h8-9,11,16,19H,3-7,10,12-13H2,1-2H3/t16-/m0/s1. The summed E-state index contributed by atoms with van der Waals surface area (Å²) in [4.78, 5) is 7.20.